The average Bonchev–Trinajstić information content (AvgIpc) is 2.19. The summed E-state index contributed by atoms with van der Waals surface area (Å²) in [6.07, 6.45) is 4.94. The number of likely N-dealkylation sites (N-methyl/N-ethyl adjacent to an activating group) is 1. The zero-order valence-electron chi connectivity index (χ0n) is 9.91. The van der Waals surface area contributed by atoms with E-state index in [1.165, 1.54) is 32.2 Å². The van der Waals surface area contributed by atoms with Crippen molar-refractivity contribution in [3.05, 3.63) is 0 Å². The highest BCUT2D eigenvalue weighted by Gasteiger charge is 2.11. The van der Waals surface area contributed by atoms with Crippen LogP contribution in [-0.2, 0) is 0 Å². The van der Waals surface area contributed by atoms with E-state index in [4.69, 9.17) is 11.5 Å². The Hall–Kier alpha value is -0.160. The molecule has 5 N–H and O–H groups in total. The Bertz CT molecular complexity index is 149. The molecule has 4 heteroatoms. The lowest BCUT2D eigenvalue weighted by atomic mass is 10.1. The maximum Gasteiger partial charge on any atom is 0.0168 e. The van der Waals surface area contributed by atoms with Gasteiger partial charge in [0.15, 0.2) is 0 Å². The van der Waals surface area contributed by atoms with Crippen LogP contribution >= 0.6 is 0 Å². The molecule has 0 aliphatic carbocycles. The highest BCUT2D eigenvalue weighted by molar-refractivity contribution is 4.71. The molecule has 0 aromatic carbocycles. The third kappa shape index (κ3) is 6.10. The van der Waals surface area contributed by atoms with E-state index in [0.717, 1.165) is 19.6 Å². The fourth-order valence-corrected chi connectivity index (χ4v) is 2.09. The van der Waals surface area contributed by atoms with Crippen molar-refractivity contribution in [1.29, 1.82) is 0 Å². The molecule has 90 valence electrons. The monoisotopic (exact) mass is 214 g/mol. The smallest absolute Gasteiger partial charge is 0.0168 e. The Morgan fingerprint density at radius 1 is 1.13 bits per heavy atom. The summed E-state index contributed by atoms with van der Waals surface area (Å²) < 4.78 is 0. The molecule has 0 aromatic rings. The first-order valence-electron chi connectivity index (χ1n) is 6.09. The van der Waals surface area contributed by atoms with Crippen LogP contribution in [0.15, 0.2) is 0 Å². The highest BCUT2D eigenvalue weighted by Crippen LogP contribution is 2.04. The molecular weight excluding hydrogens is 188 g/mol. The third-order valence-electron chi connectivity index (χ3n) is 3.00. The number of piperidine rings is 2. The van der Waals surface area contributed by atoms with Crippen LogP contribution in [0.2, 0.25) is 0 Å². The molecule has 2 fully saturated rings. The topological polar surface area (TPSA) is 67.3 Å². The average molecular weight is 214 g/mol. The first kappa shape index (κ1) is 12.9. The van der Waals surface area contributed by atoms with E-state index in [1.807, 2.05) is 0 Å². The Labute approximate surface area is 93.4 Å². The molecule has 0 saturated carbocycles. The van der Waals surface area contributed by atoms with Gasteiger partial charge in [0.25, 0.3) is 0 Å². The van der Waals surface area contributed by atoms with Gasteiger partial charge in [0.2, 0.25) is 0 Å². The molecule has 0 spiro atoms. The van der Waals surface area contributed by atoms with Crippen LogP contribution in [0.3, 0.4) is 0 Å². The lowest BCUT2D eigenvalue weighted by molar-refractivity contribution is 0.252. The lowest BCUT2D eigenvalue weighted by Crippen LogP contribution is -2.40. The van der Waals surface area contributed by atoms with Crippen LogP contribution in [0.25, 0.3) is 0 Å². The summed E-state index contributed by atoms with van der Waals surface area (Å²) in [6, 6.07) is 0.863. The zero-order valence-corrected chi connectivity index (χ0v) is 9.91. The van der Waals surface area contributed by atoms with E-state index >= 15 is 0 Å². The van der Waals surface area contributed by atoms with E-state index in [1.54, 1.807) is 0 Å². The summed E-state index contributed by atoms with van der Waals surface area (Å²) in [4.78, 5) is 2.29. The van der Waals surface area contributed by atoms with Gasteiger partial charge in [-0.2, -0.15) is 0 Å². The minimum atomic E-state index is 0.425. The molecule has 2 rings (SSSR count). The van der Waals surface area contributed by atoms with Gasteiger partial charge in [-0.15, -0.1) is 0 Å². The van der Waals surface area contributed by atoms with E-state index in [0.29, 0.717) is 12.1 Å². The maximum absolute atomic E-state index is 5.68. The molecule has 2 aliphatic rings. The summed E-state index contributed by atoms with van der Waals surface area (Å²) in [6.45, 7) is 4.49. The lowest BCUT2D eigenvalue weighted by Gasteiger charge is -2.26. The predicted octanol–water partition coefficient (Wildman–Crippen LogP) is -0.264. The van der Waals surface area contributed by atoms with E-state index in [-0.39, 0.29) is 0 Å². The van der Waals surface area contributed by atoms with Gasteiger partial charge in [-0.3, -0.25) is 0 Å². The third-order valence-corrected chi connectivity index (χ3v) is 3.00. The van der Waals surface area contributed by atoms with Crippen molar-refractivity contribution in [1.82, 2.24) is 10.2 Å². The number of nitrogens with zero attached hydrogens (tertiary/aromatic N) is 1. The molecule has 2 aliphatic heterocycles. The second kappa shape index (κ2) is 7.17. The number of nitrogens with one attached hydrogen (secondary N) is 1. The van der Waals surface area contributed by atoms with Crippen LogP contribution in [0.5, 0.6) is 0 Å². The van der Waals surface area contributed by atoms with Crippen LogP contribution in [0, 0.1) is 0 Å². The van der Waals surface area contributed by atoms with Gasteiger partial charge >= 0.3 is 0 Å². The molecule has 0 radical (unpaired) electrons. The summed E-state index contributed by atoms with van der Waals surface area (Å²) in [5.41, 5.74) is 11.3. The molecular formula is C11H26N4. The minimum absolute atomic E-state index is 0.425. The molecule has 4 nitrogen and oxygen atoms in total. The van der Waals surface area contributed by atoms with Gasteiger partial charge in [0.05, 0.1) is 0 Å². The van der Waals surface area contributed by atoms with Gasteiger partial charge in [0, 0.05) is 25.2 Å². The van der Waals surface area contributed by atoms with Crippen molar-refractivity contribution in [2.24, 2.45) is 11.5 Å². The van der Waals surface area contributed by atoms with Crippen LogP contribution < -0.4 is 16.8 Å². The summed E-state index contributed by atoms with van der Waals surface area (Å²) in [7, 11) is 2.12. The van der Waals surface area contributed by atoms with Gasteiger partial charge in [-0.25, -0.2) is 0 Å². The second-order valence-electron chi connectivity index (χ2n) is 4.77. The number of nitrogens with two attached hydrogens (primary N) is 2. The summed E-state index contributed by atoms with van der Waals surface area (Å²) in [5.74, 6) is 0. The Kier molecular flexibility index (Phi) is 6.17. The predicted molar refractivity (Wildman–Crippen MR) is 64.8 cm³/mol. The first-order valence-corrected chi connectivity index (χ1v) is 6.09. The van der Waals surface area contributed by atoms with Gasteiger partial charge in [-0.1, -0.05) is 0 Å². The molecule has 2 heterocycles. The van der Waals surface area contributed by atoms with Gasteiger partial charge < -0.3 is 21.7 Å². The Morgan fingerprint density at radius 3 is 2.20 bits per heavy atom. The Balaban J connectivity index is 0.000000151. The summed E-state index contributed by atoms with van der Waals surface area (Å²) in [5, 5.41) is 3.21. The van der Waals surface area contributed by atoms with Crippen molar-refractivity contribution in [3.8, 4) is 0 Å². The number of likely N-dealkylation sites (tertiary alicyclic amines) is 1. The van der Waals surface area contributed by atoms with Crippen molar-refractivity contribution < 1.29 is 0 Å². The largest absolute Gasteiger partial charge is 0.327 e. The normalized spacial score (nSPS) is 33.0. The first-order chi connectivity index (χ1) is 7.18. The van der Waals surface area contributed by atoms with Crippen molar-refractivity contribution >= 4 is 0 Å². The minimum Gasteiger partial charge on any atom is -0.327 e. The number of hydrogen-bond donors (Lipinski definition) is 3. The van der Waals surface area contributed by atoms with E-state index in [2.05, 4.69) is 17.3 Å². The molecule has 2 atom stereocenters. The molecule has 2 saturated heterocycles. The fourth-order valence-electron chi connectivity index (χ4n) is 2.09. The second-order valence-corrected chi connectivity index (χ2v) is 4.77. The molecule has 15 heavy (non-hydrogen) atoms. The molecule has 0 aromatic heterocycles. The van der Waals surface area contributed by atoms with E-state index < -0.39 is 0 Å². The highest BCUT2D eigenvalue weighted by atomic mass is 15.1. The van der Waals surface area contributed by atoms with Crippen molar-refractivity contribution in [3.63, 3.8) is 0 Å². The van der Waals surface area contributed by atoms with Crippen molar-refractivity contribution in [2.75, 3.05) is 33.2 Å². The standard InChI is InChI=1S/C6H14N2.C5H12N2/c1-8-4-2-3-6(7)5-8;6-5-2-1-3-7-4-5/h6H,2-5,7H2,1H3;5,7H,1-4,6H2. The zero-order chi connectivity index (χ0) is 11.1. The van der Waals surface area contributed by atoms with Crippen LogP contribution in [-0.4, -0.2) is 50.2 Å². The SMILES string of the molecule is CN1CCCC(N)C1.NC1CCCNC1. The number of hydrogen-bond acceptors (Lipinski definition) is 4. The Morgan fingerprint density at radius 2 is 1.87 bits per heavy atom. The number of rotatable bonds is 0. The molecule has 2 unspecified atom stereocenters. The van der Waals surface area contributed by atoms with Crippen LogP contribution in [0.4, 0.5) is 0 Å². The quantitative estimate of drug-likeness (QED) is 0.519. The van der Waals surface area contributed by atoms with Crippen molar-refractivity contribution in [2.45, 2.75) is 37.8 Å². The van der Waals surface area contributed by atoms with Gasteiger partial charge in [-0.05, 0) is 45.8 Å². The molecule has 0 amide bonds. The fraction of sp³-hybridized carbons (Fsp3) is 1.00. The summed E-state index contributed by atoms with van der Waals surface area (Å²) >= 11 is 0. The van der Waals surface area contributed by atoms with Gasteiger partial charge in [0.1, 0.15) is 0 Å². The molecule has 0 bridgehead atoms. The van der Waals surface area contributed by atoms with Crippen LogP contribution in [0.1, 0.15) is 25.7 Å². The van der Waals surface area contributed by atoms with E-state index in [9.17, 15) is 0 Å². The maximum atomic E-state index is 5.68.